The Morgan fingerprint density at radius 1 is 0.692 bits per heavy atom. The smallest absolute Gasteiger partial charge is 0.334 e. The van der Waals surface area contributed by atoms with Gasteiger partial charge in [-0.15, -0.1) is 0 Å². The summed E-state index contributed by atoms with van der Waals surface area (Å²) < 4.78 is 26.8. The molecule has 132 valence electrons. The third-order valence-electron chi connectivity index (χ3n) is 4.72. The molecule has 0 amide bonds. The first-order chi connectivity index (χ1) is 12.8. The van der Waals surface area contributed by atoms with Crippen LogP contribution in [0.3, 0.4) is 0 Å². The van der Waals surface area contributed by atoms with Gasteiger partial charge in [-0.1, -0.05) is 12.1 Å². The van der Waals surface area contributed by atoms with Crippen LogP contribution >= 0.6 is 0 Å². The van der Waals surface area contributed by atoms with Crippen molar-refractivity contribution < 1.29 is 28.5 Å². The predicted octanol–water partition coefficient (Wildman–Crippen LogP) is 2.78. The lowest BCUT2D eigenvalue weighted by Gasteiger charge is -2.07. The molecule has 0 fully saturated rings. The zero-order chi connectivity index (χ0) is 17.5. The SMILES string of the molecule is O=C1OCC(Cc2ccc3c(c2)OCO3)=C1Cc1ccc2c(c1)OCO2. The topological polar surface area (TPSA) is 63.2 Å². The molecule has 0 aliphatic carbocycles. The van der Waals surface area contributed by atoms with Crippen LogP contribution in [0, 0.1) is 0 Å². The van der Waals surface area contributed by atoms with Gasteiger partial charge in [-0.25, -0.2) is 4.79 Å². The molecule has 0 spiro atoms. The van der Waals surface area contributed by atoms with Crippen molar-refractivity contribution >= 4 is 5.97 Å². The van der Waals surface area contributed by atoms with Crippen LogP contribution in [0.15, 0.2) is 47.5 Å². The fourth-order valence-electron chi connectivity index (χ4n) is 3.38. The van der Waals surface area contributed by atoms with Gasteiger partial charge in [-0.3, -0.25) is 0 Å². The van der Waals surface area contributed by atoms with Crippen LogP contribution in [-0.4, -0.2) is 26.2 Å². The molecule has 0 atom stereocenters. The van der Waals surface area contributed by atoms with Crippen molar-refractivity contribution in [3.8, 4) is 23.0 Å². The van der Waals surface area contributed by atoms with Gasteiger partial charge < -0.3 is 23.7 Å². The van der Waals surface area contributed by atoms with Gasteiger partial charge in [0, 0.05) is 12.0 Å². The van der Waals surface area contributed by atoms with Crippen LogP contribution in [0.2, 0.25) is 0 Å². The summed E-state index contributed by atoms with van der Waals surface area (Å²) in [5.41, 5.74) is 3.75. The van der Waals surface area contributed by atoms with Crippen LogP contribution in [0.5, 0.6) is 23.0 Å². The maximum Gasteiger partial charge on any atom is 0.334 e. The highest BCUT2D eigenvalue weighted by atomic mass is 16.7. The van der Waals surface area contributed by atoms with E-state index in [1.165, 1.54) is 0 Å². The van der Waals surface area contributed by atoms with Crippen LogP contribution in [-0.2, 0) is 22.4 Å². The van der Waals surface area contributed by atoms with Gasteiger partial charge in [0.15, 0.2) is 23.0 Å². The first kappa shape index (κ1) is 15.1. The van der Waals surface area contributed by atoms with Crippen molar-refractivity contribution in [3.05, 3.63) is 58.7 Å². The summed E-state index contributed by atoms with van der Waals surface area (Å²) in [6.07, 6.45) is 1.15. The molecule has 0 saturated heterocycles. The van der Waals surface area contributed by atoms with E-state index in [9.17, 15) is 4.79 Å². The van der Waals surface area contributed by atoms with Crippen LogP contribution < -0.4 is 18.9 Å². The normalized spacial score (nSPS) is 17.0. The van der Waals surface area contributed by atoms with Gasteiger partial charge in [0.2, 0.25) is 13.6 Å². The zero-order valence-electron chi connectivity index (χ0n) is 13.9. The largest absolute Gasteiger partial charge is 0.458 e. The summed E-state index contributed by atoms with van der Waals surface area (Å²) in [6.45, 7) is 0.810. The van der Waals surface area contributed by atoms with E-state index in [1.807, 2.05) is 36.4 Å². The minimum Gasteiger partial charge on any atom is -0.458 e. The van der Waals surface area contributed by atoms with E-state index < -0.39 is 0 Å². The van der Waals surface area contributed by atoms with E-state index in [0.29, 0.717) is 30.8 Å². The van der Waals surface area contributed by atoms with Gasteiger partial charge in [-0.05, 0) is 47.4 Å². The van der Waals surface area contributed by atoms with Crippen LogP contribution in [0.1, 0.15) is 11.1 Å². The Hall–Kier alpha value is -3.15. The summed E-state index contributed by atoms with van der Waals surface area (Å²) in [4.78, 5) is 12.2. The minimum absolute atomic E-state index is 0.235. The fraction of sp³-hybridized carbons (Fsp3) is 0.250. The highest BCUT2D eigenvalue weighted by molar-refractivity contribution is 5.92. The molecule has 6 nitrogen and oxygen atoms in total. The predicted molar refractivity (Wildman–Crippen MR) is 90.5 cm³/mol. The summed E-state index contributed by atoms with van der Waals surface area (Å²) in [7, 11) is 0. The average Bonchev–Trinajstić information content (AvgIpc) is 3.37. The number of hydrogen-bond donors (Lipinski definition) is 0. The third kappa shape index (κ3) is 2.63. The van der Waals surface area contributed by atoms with Crippen molar-refractivity contribution in [1.29, 1.82) is 0 Å². The summed E-state index contributed by atoms with van der Waals surface area (Å²) in [6, 6.07) is 11.6. The molecule has 2 aromatic rings. The maximum absolute atomic E-state index is 12.2. The second-order valence-corrected chi connectivity index (χ2v) is 6.39. The molecule has 0 bridgehead atoms. The monoisotopic (exact) mass is 352 g/mol. The van der Waals surface area contributed by atoms with Crippen molar-refractivity contribution in [3.63, 3.8) is 0 Å². The lowest BCUT2D eigenvalue weighted by Crippen LogP contribution is -2.03. The van der Waals surface area contributed by atoms with Gasteiger partial charge >= 0.3 is 5.97 Å². The first-order valence-electron chi connectivity index (χ1n) is 8.41. The third-order valence-corrected chi connectivity index (χ3v) is 4.72. The van der Waals surface area contributed by atoms with Crippen molar-refractivity contribution in [2.75, 3.05) is 20.2 Å². The molecule has 3 aliphatic heterocycles. The molecule has 0 saturated carbocycles. The minimum atomic E-state index is -0.251. The van der Waals surface area contributed by atoms with Gasteiger partial charge in [0.1, 0.15) is 6.61 Å². The van der Waals surface area contributed by atoms with E-state index in [2.05, 4.69) is 0 Å². The lowest BCUT2D eigenvalue weighted by atomic mass is 9.97. The molecule has 0 N–H and O–H groups in total. The summed E-state index contributed by atoms with van der Waals surface area (Å²) >= 11 is 0. The highest BCUT2D eigenvalue weighted by Crippen LogP contribution is 2.35. The number of carbonyl (C=O) groups is 1. The zero-order valence-corrected chi connectivity index (χ0v) is 13.9. The second-order valence-electron chi connectivity index (χ2n) is 6.39. The van der Waals surface area contributed by atoms with E-state index in [4.69, 9.17) is 23.7 Å². The number of carbonyl (C=O) groups excluding carboxylic acids is 1. The molecule has 0 unspecified atom stereocenters. The standard InChI is InChI=1S/C20H16O6/c21-20-15(6-13-2-4-17-19(8-13)26-11-24-17)14(9-22-20)5-12-1-3-16-18(7-12)25-10-23-16/h1-4,7-8H,5-6,9-11H2. The second kappa shape index (κ2) is 5.98. The Morgan fingerprint density at radius 3 is 1.92 bits per heavy atom. The van der Waals surface area contributed by atoms with Crippen molar-refractivity contribution in [2.45, 2.75) is 12.8 Å². The molecule has 6 heteroatoms. The number of cyclic esters (lactones) is 1. The van der Waals surface area contributed by atoms with E-state index in [1.54, 1.807) is 0 Å². The molecule has 26 heavy (non-hydrogen) atoms. The Labute approximate surface area is 149 Å². The van der Waals surface area contributed by atoms with Gasteiger partial charge in [0.05, 0.1) is 0 Å². The highest BCUT2D eigenvalue weighted by Gasteiger charge is 2.26. The molecule has 2 aromatic carbocycles. The average molecular weight is 352 g/mol. The molecule has 0 radical (unpaired) electrons. The number of esters is 1. The van der Waals surface area contributed by atoms with E-state index in [0.717, 1.165) is 33.9 Å². The fourth-order valence-corrected chi connectivity index (χ4v) is 3.38. The van der Waals surface area contributed by atoms with Gasteiger partial charge in [0.25, 0.3) is 0 Å². The first-order valence-corrected chi connectivity index (χ1v) is 8.41. The van der Waals surface area contributed by atoms with Crippen LogP contribution in [0.4, 0.5) is 0 Å². The summed E-state index contributed by atoms with van der Waals surface area (Å²) in [5, 5.41) is 0. The number of ether oxygens (including phenoxy) is 5. The summed E-state index contributed by atoms with van der Waals surface area (Å²) in [5.74, 6) is 2.69. The van der Waals surface area contributed by atoms with Crippen molar-refractivity contribution in [2.24, 2.45) is 0 Å². The number of rotatable bonds is 4. The number of benzene rings is 2. The van der Waals surface area contributed by atoms with Crippen molar-refractivity contribution in [1.82, 2.24) is 0 Å². The van der Waals surface area contributed by atoms with E-state index in [-0.39, 0.29) is 19.6 Å². The Kier molecular flexibility index (Phi) is 3.48. The molecular formula is C20H16O6. The quantitative estimate of drug-likeness (QED) is 0.789. The van der Waals surface area contributed by atoms with Gasteiger partial charge in [-0.2, -0.15) is 0 Å². The lowest BCUT2D eigenvalue weighted by molar-refractivity contribution is -0.136. The van der Waals surface area contributed by atoms with E-state index >= 15 is 0 Å². The maximum atomic E-state index is 12.2. The Balaban J connectivity index is 1.41. The molecule has 5 rings (SSSR count). The Bertz CT molecular complexity index is 930. The molecule has 0 aromatic heterocycles. The Morgan fingerprint density at radius 2 is 1.27 bits per heavy atom. The molecule has 3 heterocycles. The molecule has 3 aliphatic rings. The number of fused-ring (bicyclic) bond motifs is 2. The van der Waals surface area contributed by atoms with Crippen LogP contribution in [0.25, 0.3) is 0 Å². The molecular weight excluding hydrogens is 336 g/mol. The number of hydrogen-bond acceptors (Lipinski definition) is 6.